The summed E-state index contributed by atoms with van der Waals surface area (Å²) >= 11 is 0. The maximum atomic E-state index is 15.3. The van der Waals surface area contributed by atoms with Gasteiger partial charge in [0.2, 0.25) is 0 Å². The lowest BCUT2D eigenvalue weighted by molar-refractivity contribution is -0.143. The first kappa shape index (κ1) is 30.1. The van der Waals surface area contributed by atoms with Gasteiger partial charge >= 0.3 is 18.4 Å². The molecule has 0 N–H and O–H groups in total. The van der Waals surface area contributed by atoms with Crippen LogP contribution in [0.1, 0.15) is 60.6 Å². The van der Waals surface area contributed by atoms with Gasteiger partial charge < -0.3 is 9.47 Å². The SMILES string of the molecule is COc1cc(F)c(C(C)C)cc1-c1cccc(F)c1CN1C(=O)OC(c2cc(C(F)(F)F)cc(C(F)(F)F)c2)[C@@H]1C. The summed E-state index contributed by atoms with van der Waals surface area (Å²) in [5.41, 5.74) is -2.73. The largest absolute Gasteiger partial charge is 0.496 e. The van der Waals surface area contributed by atoms with E-state index in [-0.39, 0.29) is 28.9 Å². The predicted molar refractivity (Wildman–Crippen MR) is 133 cm³/mol. The Balaban J connectivity index is 1.76. The van der Waals surface area contributed by atoms with Crippen molar-refractivity contribution in [2.75, 3.05) is 7.11 Å². The molecule has 41 heavy (non-hydrogen) atoms. The number of methoxy groups -OCH3 is 1. The molecule has 0 aromatic heterocycles. The van der Waals surface area contributed by atoms with E-state index in [9.17, 15) is 35.5 Å². The van der Waals surface area contributed by atoms with Crippen molar-refractivity contribution < 1.29 is 49.4 Å². The first-order valence-electron chi connectivity index (χ1n) is 12.4. The highest BCUT2D eigenvalue weighted by Gasteiger charge is 2.43. The molecule has 0 saturated carbocycles. The topological polar surface area (TPSA) is 38.8 Å². The average Bonchev–Trinajstić information content (AvgIpc) is 3.16. The van der Waals surface area contributed by atoms with Crippen LogP contribution >= 0.6 is 0 Å². The van der Waals surface area contributed by atoms with E-state index >= 15 is 4.39 Å². The maximum absolute atomic E-state index is 15.3. The van der Waals surface area contributed by atoms with Crippen LogP contribution in [0, 0.1) is 11.6 Å². The first-order chi connectivity index (χ1) is 19.0. The quantitative estimate of drug-likeness (QED) is 0.271. The molecule has 0 aliphatic carbocycles. The van der Waals surface area contributed by atoms with Gasteiger partial charge in [0.25, 0.3) is 0 Å². The van der Waals surface area contributed by atoms with Crippen molar-refractivity contribution in [3.8, 4) is 16.9 Å². The number of amides is 1. The van der Waals surface area contributed by atoms with E-state index in [2.05, 4.69) is 0 Å². The molecule has 1 aliphatic rings. The molecule has 0 spiro atoms. The normalized spacial score (nSPS) is 17.8. The summed E-state index contributed by atoms with van der Waals surface area (Å²) in [7, 11) is 1.31. The number of nitrogens with zero attached hydrogens (tertiary/aromatic N) is 1. The van der Waals surface area contributed by atoms with Crippen LogP contribution in [-0.2, 0) is 23.6 Å². The molecule has 220 valence electrons. The number of carbonyl (C=O) groups is 1. The zero-order chi connectivity index (χ0) is 30.4. The maximum Gasteiger partial charge on any atom is 0.416 e. The van der Waals surface area contributed by atoms with Crippen LogP contribution in [0.4, 0.5) is 39.9 Å². The van der Waals surface area contributed by atoms with Gasteiger partial charge in [-0.15, -0.1) is 0 Å². The molecule has 1 aliphatic heterocycles. The number of carbonyl (C=O) groups excluding carboxylic acids is 1. The number of alkyl halides is 6. The fourth-order valence-corrected chi connectivity index (χ4v) is 4.84. The number of ether oxygens (including phenoxy) is 2. The van der Waals surface area contributed by atoms with Crippen molar-refractivity contribution in [3.05, 3.63) is 88.0 Å². The van der Waals surface area contributed by atoms with Crippen molar-refractivity contribution >= 4 is 6.09 Å². The van der Waals surface area contributed by atoms with Gasteiger partial charge in [-0.25, -0.2) is 13.6 Å². The van der Waals surface area contributed by atoms with Crippen LogP contribution in [0.2, 0.25) is 0 Å². The van der Waals surface area contributed by atoms with Crippen LogP contribution < -0.4 is 4.74 Å². The zero-order valence-corrected chi connectivity index (χ0v) is 22.3. The molecule has 1 saturated heterocycles. The van der Waals surface area contributed by atoms with Gasteiger partial charge in [0.15, 0.2) is 0 Å². The Morgan fingerprint density at radius 3 is 2.05 bits per heavy atom. The van der Waals surface area contributed by atoms with Crippen LogP contribution in [0.25, 0.3) is 11.1 Å². The van der Waals surface area contributed by atoms with Crippen LogP contribution in [0.15, 0.2) is 48.5 Å². The van der Waals surface area contributed by atoms with Crippen molar-refractivity contribution in [1.29, 1.82) is 0 Å². The summed E-state index contributed by atoms with van der Waals surface area (Å²) in [4.78, 5) is 13.9. The Labute approximate surface area is 230 Å². The highest BCUT2D eigenvalue weighted by atomic mass is 19.4. The van der Waals surface area contributed by atoms with Crippen molar-refractivity contribution in [1.82, 2.24) is 4.90 Å². The van der Waals surface area contributed by atoms with E-state index in [1.807, 2.05) is 0 Å². The summed E-state index contributed by atoms with van der Waals surface area (Å²) in [6.45, 7) is 4.46. The standard InChI is InChI=1S/C29H25F8NO3/c1-14(2)20-11-21(25(40-4)12-24(20)31)19-6-5-7-23(30)22(19)13-38-15(3)26(41-27(38)39)16-8-17(28(32,33)34)10-18(9-16)29(35,36)37/h5-12,14-15,26H,13H2,1-4H3/t15-,26?/m0/s1. The zero-order valence-electron chi connectivity index (χ0n) is 22.3. The van der Waals surface area contributed by atoms with Crippen LogP contribution in [-0.4, -0.2) is 24.1 Å². The van der Waals surface area contributed by atoms with Gasteiger partial charge in [0, 0.05) is 17.2 Å². The highest BCUT2D eigenvalue weighted by molar-refractivity contribution is 5.76. The minimum Gasteiger partial charge on any atom is -0.496 e. The molecule has 1 heterocycles. The number of hydrogen-bond acceptors (Lipinski definition) is 3. The third-order valence-corrected chi connectivity index (χ3v) is 7.01. The summed E-state index contributed by atoms with van der Waals surface area (Å²) in [5, 5.41) is 0. The van der Waals surface area contributed by atoms with E-state index in [4.69, 9.17) is 9.47 Å². The summed E-state index contributed by atoms with van der Waals surface area (Å²) in [5.74, 6) is -1.42. The monoisotopic (exact) mass is 587 g/mol. The third-order valence-electron chi connectivity index (χ3n) is 7.01. The van der Waals surface area contributed by atoms with Gasteiger partial charge in [-0.3, -0.25) is 4.90 Å². The fourth-order valence-electron chi connectivity index (χ4n) is 4.84. The van der Waals surface area contributed by atoms with Gasteiger partial charge in [-0.1, -0.05) is 26.0 Å². The first-order valence-corrected chi connectivity index (χ1v) is 12.4. The molecular weight excluding hydrogens is 562 g/mol. The Kier molecular flexibility index (Phi) is 7.99. The average molecular weight is 588 g/mol. The van der Waals surface area contributed by atoms with E-state index in [0.717, 1.165) is 17.0 Å². The Bertz CT molecular complexity index is 1430. The lowest BCUT2D eigenvalue weighted by atomic mass is 9.92. The Morgan fingerprint density at radius 1 is 0.902 bits per heavy atom. The summed E-state index contributed by atoms with van der Waals surface area (Å²) < 4.78 is 121. The van der Waals surface area contributed by atoms with Crippen molar-refractivity contribution in [2.24, 2.45) is 0 Å². The van der Waals surface area contributed by atoms with Gasteiger partial charge in [-0.05, 0) is 59.9 Å². The van der Waals surface area contributed by atoms with Crippen LogP contribution in [0.3, 0.4) is 0 Å². The minimum atomic E-state index is -5.09. The third kappa shape index (κ3) is 5.96. The lowest BCUT2D eigenvalue weighted by Gasteiger charge is -2.24. The van der Waals surface area contributed by atoms with Gasteiger partial charge in [0.1, 0.15) is 23.5 Å². The molecule has 1 amide bonds. The molecule has 1 unspecified atom stereocenters. The van der Waals surface area contributed by atoms with Gasteiger partial charge in [-0.2, -0.15) is 26.3 Å². The number of cyclic esters (lactones) is 1. The van der Waals surface area contributed by atoms with Gasteiger partial charge in [0.05, 0.1) is 30.8 Å². The smallest absolute Gasteiger partial charge is 0.416 e. The number of hydrogen-bond donors (Lipinski definition) is 0. The second kappa shape index (κ2) is 10.9. The molecule has 1 fully saturated rings. The van der Waals surface area contributed by atoms with E-state index in [0.29, 0.717) is 23.3 Å². The summed E-state index contributed by atoms with van der Waals surface area (Å²) in [6.07, 6.45) is -12.7. The van der Waals surface area contributed by atoms with Crippen molar-refractivity contribution in [2.45, 2.75) is 57.7 Å². The van der Waals surface area contributed by atoms with E-state index < -0.39 is 65.5 Å². The van der Waals surface area contributed by atoms with E-state index in [1.165, 1.54) is 32.2 Å². The number of benzene rings is 3. The molecule has 0 radical (unpaired) electrons. The molecule has 12 heteroatoms. The molecule has 0 bridgehead atoms. The molecule has 2 atom stereocenters. The molecule has 4 nitrogen and oxygen atoms in total. The number of halogens is 8. The number of rotatable bonds is 6. The van der Waals surface area contributed by atoms with E-state index in [1.54, 1.807) is 13.8 Å². The highest BCUT2D eigenvalue weighted by Crippen LogP contribution is 2.42. The molecule has 4 rings (SSSR count). The lowest BCUT2D eigenvalue weighted by Crippen LogP contribution is -2.32. The molecule has 3 aromatic carbocycles. The molecule has 3 aromatic rings. The minimum absolute atomic E-state index is 0.0180. The summed E-state index contributed by atoms with van der Waals surface area (Å²) in [6, 6.07) is 6.63. The second-order valence-electron chi connectivity index (χ2n) is 10.0. The van der Waals surface area contributed by atoms with Crippen molar-refractivity contribution in [3.63, 3.8) is 0 Å². The molecular formula is C29H25F8NO3. The second-order valence-corrected chi connectivity index (χ2v) is 10.0. The Hall–Kier alpha value is -3.83. The Morgan fingerprint density at radius 2 is 1.51 bits per heavy atom. The fraction of sp³-hybridized carbons (Fsp3) is 0.345. The predicted octanol–water partition coefficient (Wildman–Crippen LogP) is 8.88. The van der Waals surface area contributed by atoms with Crippen LogP contribution in [0.5, 0.6) is 5.75 Å².